The maximum absolute atomic E-state index is 4.50. The predicted molar refractivity (Wildman–Crippen MR) is 103 cm³/mol. The molecule has 1 aliphatic heterocycles. The number of piperazine rings is 1. The van der Waals surface area contributed by atoms with Gasteiger partial charge >= 0.3 is 0 Å². The SMILES string of the molecule is CN(CCN1CCN(c2ccc(Br)cn2)CC1)Cc1ccccc1. The summed E-state index contributed by atoms with van der Waals surface area (Å²) in [5.41, 5.74) is 1.38. The van der Waals surface area contributed by atoms with Crippen LogP contribution in [0.15, 0.2) is 53.1 Å². The van der Waals surface area contributed by atoms with Crippen molar-refractivity contribution >= 4 is 21.7 Å². The molecule has 4 nitrogen and oxygen atoms in total. The molecule has 0 spiro atoms. The summed E-state index contributed by atoms with van der Waals surface area (Å²) < 4.78 is 1.03. The number of anilines is 1. The van der Waals surface area contributed by atoms with Crippen LogP contribution in [0.5, 0.6) is 0 Å². The molecule has 128 valence electrons. The van der Waals surface area contributed by atoms with Crippen LogP contribution < -0.4 is 4.90 Å². The highest BCUT2D eigenvalue weighted by molar-refractivity contribution is 9.10. The highest BCUT2D eigenvalue weighted by Gasteiger charge is 2.18. The molecule has 0 radical (unpaired) electrons. The molecule has 1 fully saturated rings. The zero-order valence-corrected chi connectivity index (χ0v) is 15.8. The molecule has 1 saturated heterocycles. The lowest BCUT2D eigenvalue weighted by atomic mass is 10.2. The fourth-order valence-corrected chi connectivity index (χ4v) is 3.28. The molecule has 3 rings (SSSR count). The molecule has 0 atom stereocenters. The van der Waals surface area contributed by atoms with Crippen molar-refractivity contribution in [1.82, 2.24) is 14.8 Å². The molecule has 0 amide bonds. The summed E-state index contributed by atoms with van der Waals surface area (Å²) in [5.74, 6) is 1.08. The number of pyridine rings is 1. The Bertz CT molecular complexity index is 609. The quantitative estimate of drug-likeness (QED) is 0.757. The number of aromatic nitrogens is 1. The number of rotatable bonds is 6. The van der Waals surface area contributed by atoms with Crippen molar-refractivity contribution in [2.45, 2.75) is 6.54 Å². The minimum atomic E-state index is 1.02. The lowest BCUT2D eigenvalue weighted by Crippen LogP contribution is -2.48. The van der Waals surface area contributed by atoms with Gasteiger partial charge in [0.2, 0.25) is 0 Å². The van der Waals surface area contributed by atoms with Crippen LogP contribution in [0.4, 0.5) is 5.82 Å². The van der Waals surface area contributed by atoms with Crippen molar-refractivity contribution in [3.63, 3.8) is 0 Å². The lowest BCUT2D eigenvalue weighted by Gasteiger charge is -2.36. The van der Waals surface area contributed by atoms with E-state index in [-0.39, 0.29) is 0 Å². The van der Waals surface area contributed by atoms with Gasteiger partial charge in [-0.1, -0.05) is 30.3 Å². The van der Waals surface area contributed by atoms with E-state index >= 15 is 0 Å². The van der Waals surface area contributed by atoms with E-state index in [1.807, 2.05) is 6.20 Å². The monoisotopic (exact) mass is 388 g/mol. The lowest BCUT2D eigenvalue weighted by molar-refractivity contribution is 0.212. The molecule has 0 aliphatic carbocycles. The van der Waals surface area contributed by atoms with Crippen molar-refractivity contribution in [3.8, 4) is 0 Å². The van der Waals surface area contributed by atoms with Crippen molar-refractivity contribution in [1.29, 1.82) is 0 Å². The molecule has 2 aromatic rings. The Morgan fingerprint density at radius 3 is 2.46 bits per heavy atom. The molecule has 1 aromatic heterocycles. The second-order valence-corrected chi connectivity index (χ2v) is 7.30. The Morgan fingerprint density at radius 1 is 1.04 bits per heavy atom. The van der Waals surface area contributed by atoms with Crippen LogP contribution in [-0.4, -0.2) is 61.1 Å². The normalized spacial score (nSPS) is 15.9. The first-order valence-corrected chi connectivity index (χ1v) is 9.31. The molecular weight excluding hydrogens is 364 g/mol. The van der Waals surface area contributed by atoms with Gasteiger partial charge in [-0.2, -0.15) is 0 Å². The number of hydrogen-bond donors (Lipinski definition) is 0. The van der Waals surface area contributed by atoms with Crippen molar-refractivity contribution in [2.75, 3.05) is 51.2 Å². The van der Waals surface area contributed by atoms with E-state index in [0.717, 1.165) is 56.1 Å². The first kappa shape index (κ1) is 17.4. The molecule has 5 heteroatoms. The highest BCUT2D eigenvalue weighted by Crippen LogP contribution is 2.16. The van der Waals surface area contributed by atoms with E-state index in [0.29, 0.717) is 0 Å². The summed E-state index contributed by atoms with van der Waals surface area (Å²) in [7, 11) is 2.20. The number of halogens is 1. The van der Waals surface area contributed by atoms with Gasteiger partial charge in [-0.05, 0) is 40.7 Å². The van der Waals surface area contributed by atoms with Crippen LogP contribution in [-0.2, 0) is 6.54 Å². The summed E-state index contributed by atoms with van der Waals surface area (Å²) in [6.45, 7) is 7.57. The second-order valence-electron chi connectivity index (χ2n) is 6.39. The van der Waals surface area contributed by atoms with Gasteiger partial charge in [0.05, 0.1) is 0 Å². The maximum atomic E-state index is 4.50. The topological polar surface area (TPSA) is 22.6 Å². The maximum Gasteiger partial charge on any atom is 0.128 e. The third kappa shape index (κ3) is 5.03. The van der Waals surface area contributed by atoms with E-state index in [2.05, 4.69) is 85.1 Å². The fourth-order valence-electron chi connectivity index (χ4n) is 3.04. The van der Waals surface area contributed by atoms with Gasteiger partial charge in [0.25, 0.3) is 0 Å². The van der Waals surface area contributed by atoms with Crippen LogP contribution >= 0.6 is 15.9 Å². The van der Waals surface area contributed by atoms with Crippen LogP contribution in [0, 0.1) is 0 Å². The molecule has 24 heavy (non-hydrogen) atoms. The van der Waals surface area contributed by atoms with Crippen LogP contribution in [0.1, 0.15) is 5.56 Å². The molecule has 1 aromatic carbocycles. The number of nitrogens with zero attached hydrogens (tertiary/aromatic N) is 4. The Balaban J connectivity index is 1.40. The van der Waals surface area contributed by atoms with Crippen molar-refractivity contribution < 1.29 is 0 Å². The Morgan fingerprint density at radius 2 is 1.79 bits per heavy atom. The van der Waals surface area contributed by atoms with Crippen LogP contribution in [0.2, 0.25) is 0 Å². The summed E-state index contributed by atoms with van der Waals surface area (Å²) in [6, 6.07) is 14.8. The van der Waals surface area contributed by atoms with Gasteiger partial charge in [0, 0.05) is 56.5 Å². The first-order valence-electron chi connectivity index (χ1n) is 8.52. The standard InChI is InChI=1S/C19H25BrN4/c1-22(16-17-5-3-2-4-6-17)9-10-23-11-13-24(14-12-23)19-8-7-18(20)15-21-19/h2-8,15H,9-14,16H2,1H3. The fraction of sp³-hybridized carbons (Fsp3) is 0.421. The van der Waals surface area contributed by atoms with Crippen LogP contribution in [0.3, 0.4) is 0 Å². The Hall–Kier alpha value is -1.43. The van der Waals surface area contributed by atoms with Crippen molar-refractivity contribution in [3.05, 3.63) is 58.7 Å². The zero-order chi connectivity index (χ0) is 16.8. The van der Waals surface area contributed by atoms with Gasteiger partial charge in [-0.15, -0.1) is 0 Å². The summed E-state index contributed by atoms with van der Waals surface area (Å²) in [6.07, 6.45) is 1.88. The summed E-state index contributed by atoms with van der Waals surface area (Å²) in [4.78, 5) is 11.8. The summed E-state index contributed by atoms with van der Waals surface area (Å²) in [5, 5.41) is 0. The molecule has 0 N–H and O–H groups in total. The largest absolute Gasteiger partial charge is 0.354 e. The van der Waals surface area contributed by atoms with Gasteiger partial charge in [0.15, 0.2) is 0 Å². The van der Waals surface area contributed by atoms with E-state index in [4.69, 9.17) is 0 Å². The Kier molecular flexibility index (Phi) is 6.24. The van der Waals surface area contributed by atoms with E-state index in [9.17, 15) is 0 Å². The van der Waals surface area contributed by atoms with Gasteiger partial charge < -0.3 is 9.80 Å². The molecule has 0 saturated carbocycles. The zero-order valence-electron chi connectivity index (χ0n) is 14.2. The molecular formula is C19H25BrN4. The molecule has 2 heterocycles. The molecule has 1 aliphatic rings. The van der Waals surface area contributed by atoms with Crippen LogP contribution in [0.25, 0.3) is 0 Å². The average Bonchev–Trinajstić information content (AvgIpc) is 2.62. The van der Waals surface area contributed by atoms with E-state index in [1.165, 1.54) is 5.56 Å². The molecule has 0 unspecified atom stereocenters. The number of likely N-dealkylation sites (N-methyl/N-ethyl adjacent to an activating group) is 1. The van der Waals surface area contributed by atoms with E-state index < -0.39 is 0 Å². The first-order chi connectivity index (χ1) is 11.7. The smallest absolute Gasteiger partial charge is 0.128 e. The summed E-state index contributed by atoms with van der Waals surface area (Å²) >= 11 is 3.44. The second kappa shape index (κ2) is 8.60. The van der Waals surface area contributed by atoms with Gasteiger partial charge in [-0.3, -0.25) is 4.90 Å². The predicted octanol–water partition coefficient (Wildman–Crippen LogP) is 3.10. The number of hydrogen-bond acceptors (Lipinski definition) is 4. The Labute approximate surface area is 153 Å². The van der Waals surface area contributed by atoms with Gasteiger partial charge in [0.1, 0.15) is 5.82 Å². The van der Waals surface area contributed by atoms with E-state index in [1.54, 1.807) is 0 Å². The number of benzene rings is 1. The molecule has 0 bridgehead atoms. The third-order valence-electron chi connectivity index (χ3n) is 4.50. The van der Waals surface area contributed by atoms with Gasteiger partial charge in [-0.25, -0.2) is 4.98 Å². The minimum absolute atomic E-state index is 1.02. The third-order valence-corrected chi connectivity index (χ3v) is 4.97. The average molecular weight is 389 g/mol. The highest BCUT2D eigenvalue weighted by atomic mass is 79.9. The van der Waals surface area contributed by atoms with Crippen molar-refractivity contribution in [2.24, 2.45) is 0 Å². The minimum Gasteiger partial charge on any atom is -0.354 e.